The molecule has 19 nitrogen and oxygen atoms in total. The lowest BCUT2D eigenvalue weighted by atomic mass is 9.90. The SMILES string of the molecule is Cc1nc2n(c(=O)c1CCN1CCC(c3noc4cc(F)ccc34)CC1)CCCC2OC(=O)NCCOCCOOCCOOCCOCCCC(=O)CCc1ccc2n1[B-](F)(F)[N+]1=C(c3ccc[nH]3)C=CC1=C2. The first kappa shape index (κ1) is 52.7. The van der Waals surface area contributed by atoms with Crippen LogP contribution in [0, 0.1) is 12.7 Å². The summed E-state index contributed by atoms with van der Waals surface area (Å²) < 4.78 is 71.5. The lowest BCUT2D eigenvalue weighted by Crippen LogP contribution is -2.51. The number of ketones is 1. The summed E-state index contributed by atoms with van der Waals surface area (Å²) in [6, 6.07) is 11.4. The van der Waals surface area contributed by atoms with Crippen molar-refractivity contribution in [1.29, 1.82) is 0 Å². The highest BCUT2D eigenvalue weighted by molar-refractivity contribution is 6.58. The Kier molecular flexibility index (Phi) is 17.7. The molecule has 0 aliphatic carbocycles. The van der Waals surface area contributed by atoms with Crippen molar-refractivity contribution in [1.82, 2.24) is 34.4 Å². The lowest BCUT2D eigenvalue weighted by Gasteiger charge is -2.31. The molecule has 4 aliphatic rings. The van der Waals surface area contributed by atoms with Gasteiger partial charge in [-0.1, -0.05) is 5.16 Å². The number of halogens is 3. The van der Waals surface area contributed by atoms with E-state index in [0.717, 1.165) is 46.0 Å². The molecule has 4 aliphatic heterocycles. The quantitative estimate of drug-likeness (QED) is 0.0250. The maximum absolute atomic E-state index is 16.0. The molecule has 5 aromatic rings. The zero-order valence-electron chi connectivity index (χ0n) is 41.4. The molecule has 9 rings (SSSR count). The van der Waals surface area contributed by atoms with E-state index in [4.69, 9.17) is 43.3 Å². The van der Waals surface area contributed by atoms with E-state index in [1.165, 1.54) is 12.1 Å². The smallest absolute Gasteiger partial charge is 0.438 e. The summed E-state index contributed by atoms with van der Waals surface area (Å²) in [6.45, 7) is 2.27. The van der Waals surface area contributed by atoms with E-state index in [9.17, 15) is 18.8 Å². The highest BCUT2D eigenvalue weighted by Gasteiger charge is 2.52. The summed E-state index contributed by atoms with van der Waals surface area (Å²) in [4.78, 5) is 69.4. The van der Waals surface area contributed by atoms with Crippen molar-refractivity contribution in [3.63, 3.8) is 0 Å². The average Bonchev–Trinajstić information content (AvgIpc) is 4.24. The maximum Gasteiger partial charge on any atom is 0.737 e. The Morgan fingerprint density at radius 1 is 0.905 bits per heavy atom. The Morgan fingerprint density at radius 2 is 1.68 bits per heavy atom. The first-order valence-electron chi connectivity index (χ1n) is 25.5. The largest absolute Gasteiger partial charge is 0.737 e. The van der Waals surface area contributed by atoms with Gasteiger partial charge in [0.15, 0.2) is 28.9 Å². The summed E-state index contributed by atoms with van der Waals surface area (Å²) in [6.07, 6.45) is 10.2. The van der Waals surface area contributed by atoms with E-state index in [0.29, 0.717) is 96.5 Å². The molecular weight excluding hydrogens is 968 g/mol. The number of likely N-dealkylation sites (tertiary alicyclic amines) is 1. The first-order chi connectivity index (χ1) is 36.0. The van der Waals surface area contributed by atoms with Crippen molar-refractivity contribution in [2.75, 3.05) is 79.0 Å². The summed E-state index contributed by atoms with van der Waals surface area (Å²) in [5.41, 5.74) is 4.81. The van der Waals surface area contributed by atoms with Crippen molar-refractivity contribution in [3.8, 4) is 0 Å². The Hall–Kier alpha value is -6.21. The van der Waals surface area contributed by atoms with Crippen molar-refractivity contribution < 1.29 is 65.4 Å². The van der Waals surface area contributed by atoms with Crippen LogP contribution >= 0.6 is 0 Å². The standard InChI is InChI=1S/C51H62BF3N8O11/c1-35-42(18-24-60-22-16-36(17-23-60)48-43-14-8-37(53)33-47(43)74-59-48)50(65)61-21-3-7-46(49(61)58-35)73-51(66)57-20-26-68-28-30-70-72-32-31-71-69-29-27-67-25-4-5-41(64)13-11-38-9-10-39-34-40-12-15-45(44-6-2-19-56-44)63(40)52(54,55)62(38)39/h2,6,8-10,12,14-15,19,33-34,36,46,56H,3-5,7,11,13,16-18,20-32H2,1H3,(H,57,66). The highest BCUT2D eigenvalue weighted by Crippen LogP contribution is 2.35. The van der Waals surface area contributed by atoms with Crippen LogP contribution in [0.3, 0.4) is 0 Å². The van der Waals surface area contributed by atoms with Gasteiger partial charge in [0, 0.05) is 97.8 Å². The fourth-order valence-corrected chi connectivity index (χ4v) is 10.0. The number of hydrogen-bond acceptors (Lipinski definition) is 14. The number of fused-ring (bicyclic) bond motifs is 4. The van der Waals surface area contributed by atoms with E-state index >= 15 is 8.63 Å². The Balaban J connectivity index is 0.561. The summed E-state index contributed by atoms with van der Waals surface area (Å²) in [7, 11) is 0. The number of H-pyrrole nitrogens is 1. The number of hydrogen-bond donors (Lipinski definition) is 2. The van der Waals surface area contributed by atoms with Crippen LogP contribution in [-0.4, -0.2) is 137 Å². The van der Waals surface area contributed by atoms with Gasteiger partial charge in [-0.25, -0.2) is 33.7 Å². The van der Waals surface area contributed by atoms with Gasteiger partial charge in [0.1, 0.15) is 43.7 Å². The topological polar surface area (TPSA) is 199 Å². The third-order valence-corrected chi connectivity index (χ3v) is 13.7. The molecule has 396 valence electrons. The summed E-state index contributed by atoms with van der Waals surface area (Å²) in [5.74, 6) is 0.298. The Morgan fingerprint density at radius 3 is 2.45 bits per heavy atom. The van der Waals surface area contributed by atoms with Crippen LogP contribution in [0.2, 0.25) is 0 Å². The van der Waals surface area contributed by atoms with Gasteiger partial charge < -0.3 is 51.5 Å². The van der Waals surface area contributed by atoms with E-state index < -0.39 is 19.2 Å². The number of allylic oxidation sites excluding steroid dienone is 2. The van der Waals surface area contributed by atoms with Gasteiger partial charge in [-0.2, -0.15) is 0 Å². The molecule has 23 heteroatoms. The fourth-order valence-electron chi connectivity index (χ4n) is 10.0. The van der Waals surface area contributed by atoms with Gasteiger partial charge in [-0.3, -0.25) is 14.2 Å². The summed E-state index contributed by atoms with van der Waals surface area (Å²) in [5, 5.41) is 7.79. The van der Waals surface area contributed by atoms with E-state index in [2.05, 4.69) is 20.4 Å². The molecule has 1 unspecified atom stereocenters. The second-order valence-corrected chi connectivity index (χ2v) is 18.6. The van der Waals surface area contributed by atoms with Crippen molar-refractivity contribution in [3.05, 3.63) is 123 Å². The van der Waals surface area contributed by atoms with Crippen LogP contribution in [0.1, 0.15) is 96.8 Å². The predicted octanol–water partition coefficient (Wildman–Crippen LogP) is 6.51. The number of carbonyl (C=O) groups excluding carboxylic acids is 2. The van der Waals surface area contributed by atoms with Crippen LogP contribution in [0.5, 0.6) is 0 Å². The molecule has 1 aromatic carbocycles. The maximum atomic E-state index is 16.0. The molecule has 1 atom stereocenters. The van der Waals surface area contributed by atoms with Crippen LogP contribution in [0.4, 0.5) is 17.8 Å². The number of benzene rings is 1. The number of aryl methyl sites for hydroxylation is 2. The summed E-state index contributed by atoms with van der Waals surface area (Å²) >= 11 is 0. The molecule has 1 saturated heterocycles. The van der Waals surface area contributed by atoms with Gasteiger partial charge >= 0.3 is 13.1 Å². The van der Waals surface area contributed by atoms with Crippen molar-refractivity contribution >= 4 is 41.6 Å². The van der Waals surface area contributed by atoms with Crippen LogP contribution < -0.4 is 10.9 Å². The van der Waals surface area contributed by atoms with E-state index in [-0.39, 0.29) is 95.1 Å². The molecule has 74 heavy (non-hydrogen) atoms. The number of carbonyl (C=O) groups is 2. The van der Waals surface area contributed by atoms with Gasteiger partial charge in [-0.05, 0) is 107 Å². The van der Waals surface area contributed by atoms with E-state index in [1.807, 2.05) is 6.92 Å². The number of ether oxygens (including phenoxy) is 3. The molecule has 0 bridgehead atoms. The Labute approximate surface area is 425 Å². The Bertz CT molecular complexity index is 2890. The minimum absolute atomic E-state index is 0.0274. The number of nitrogens with zero attached hydrogens (tertiary/aromatic N) is 6. The third kappa shape index (κ3) is 12.6. The minimum Gasteiger partial charge on any atom is -0.438 e. The molecule has 0 radical (unpaired) electrons. The number of rotatable bonds is 27. The zero-order valence-corrected chi connectivity index (χ0v) is 41.4. The second kappa shape index (κ2) is 24.9. The van der Waals surface area contributed by atoms with E-state index in [1.54, 1.807) is 59.3 Å². The van der Waals surface area contributed by atoms with Gasteiger partial charge in [0.2, 0.25) is 0 Å². The van der Waals surface area contributed by atoms with Gasteiger partial charge in [-0.15, -0.1) is 0 Å². The number of aromatic nitrogens is 5. The molecular formula is C51H62BF3N8O11. The average molecular weight is 1030 g/mol. The van der Waals surface area contributed by atoms with Crippen molar-refractivity contribution in [2.45, 2.75) is 83.3 Å². The first-order valence-corrected chi connectivity index (χ1v) is 25.5. The second-order valence-electron chi connectivity index (χ2n) is 18.6. The number of nitrogens with one attached hydrogen (secondary N) is 2. The van der Waals surface area contributed by atoms with Crippen LogP contribution in [0.25, 0.3) is 17.0 Å². The normalized spacial score (nSPS) is 17.4. The lowest BCUT2D eigenvalue weighted by molar-refractivity contribution is -0.360. The van der Waals surface area contributed by atoms with Crippen LogP contribution in [0.15, 0.2) is 75.8 Å². The number of aromatic amines is 1. The molecule has 0 spiro atoms. The fraction of sp³-hybridized carbons (Fsp3) is 0.490. The monoisotopic (exact) mass is 1030 g/mol. The number of Topliss-reactive ketones (excluding diaryl/α,β-unsaturated/α-hetero) is 1. The number of amides is 1. The van der Waals surface area contributed by atoms with Gasteiger partial charge in [0.05, 0.1) is 25.5 Å². The third-order valence-electron chi connectivity index (χ3n) is 13.7. The number of piperidine rings is 1. The van der Waals surface area contributed by atoms with Crippen LogP contribution in [-0.2, 0) is 57.9 Å². The predicted molar refractivity (Wildman–Crippen MR) is 264 cm³/mol. The number of alkyl carbamates (subject to hydrolysis) is 1. The minimum atomic E-state index is -4.16. The highest BCUT2D eigenvalue weighted by atomic mass is 19.2. The van der Waals surface area contributed by atoms with Gasteiger partial charge in [0.25, 0.3) is 5.56 Å². The molecule has 1 amide bonds. The molecule has 8 heterocycles. The molecule has 2 N–H and O–H groups in total. The molecule has 4 aromatic heterocycles. The molecule has 1 fully saturated rings. The van der Waals surface area contributed by atoms with Crippen molar-refractivity contribution in [2.24, 2.45) is 0 Å². The molecule has 0 saturated carbocycles. The zero-order chi connectivity index (χ0) is 51.4.